The number of benzene rings is 2. The second-order valence-electron chi connectivity index (χ2n) is 5.91. The number of H-pyrrole nitrogens is 1. The smallest absolute Gasteiger partial charge is 0.287 e. The molecule has 6 nitrogen and oxygen atoms in total. The highest BCUT2D eigenvalue weighted by Gasteiger charge is 2.11. The molecule has 1 amide bonds. The van der Waals surface area contributed by atoms with Gasteiger partial charge in [0.1, 0.15) is 18.1 Å². The van der Waals surface area contributed by atoms with Gasteiger partial charge in [0, 0.05) is 11.8 Å². The van der Waals surface area contributed by atoms with Crippen molar-refractivity contribution in [3.05, 3.63) is 82.4 Å². The maximum absolute atomic E-state index is 13.9. The fourth-order valence-electron chi connectivity index (χ4n) is 2.51. The lowest BCUT2D eigenvalue weighted by molar-refractivity contribution is 0.0951. The molecule has 0 atom stereocenters. The minimum absolute atomic E-state index is 0.0365. The molecule has 0 unspecified atom stereocenters. The van der Waals surface area contributed by atoms with Crippen molar-refractivity contribution in [1.29, 1.82) is 0 Å². The molecule has 1 heterocycles. The van der Waals surface area contributed by atoms with Crippen LogP contribution in [0.4, 0.5) is 4.39 Å². The lowest BCUT2D eigenvalue weighted by atomic mass is 10.2. The van der Waals surface area contributed by atoms with E-state index >= 15 is 0 Å². The molecular formula is C21H19ClFN3O3. The quantitative estimate of drug-likeness (QED) is 0.418. The Bertz CT molecular complexity index is 986. The van der Waals surface area contributed by atoms with Crippen molar-refractivity contribution >= 4 is 23.7 Å². The number of nitrogens with one attached hydrogen (secondary N) is 2. The first kappa shape index (κ1) is 20.4. The monoisotopic (exact) mass is 415 g/mol. The molecule has 0 aliphatic heterocycles. The summed E-state index contributed by atoms with van der Waals surface area (Å²) < 4.78 is 25.2. The van der Waals surface area contributed by atoms with Crippen molar-refractivity contribution in [2.24, 2.45) is 5.10 Å². The molecule has 0 saturated carbocycles. The maximum Gasteiger partial charge on any atom is 0.287 e. The summed E-state index contributed by atoms with van der Waals surface area (Å²) in [4.78, 5) is 14.6. The first-order valence-electron chi connectivity index (χ1n) is 8.87. The number of carbonyl (C=O) groups excluding carboxylic acids is 1. The fraction of sp³-hybridized carbons (Fsp3) is 0.143. The molecule has 0 saturated heterocycles. The second kappa shape index (κ2) is 9.75. The Morgan fingerprint density at radius 2 is 2.07 bits per heavy atom. The van der Waals surface area contributed by atoms with Gasteiger partial charge in [-0.15, -0.1) is 0 Å². The van der Waals surface area contributed by atoms with E-state index in [0.717, 1.165) is 0 Å². The summed E-state index contributed by atoms with van der Waals surface area (Å²) in [5.41, 5.74) is 3.80. The number of carbonyl (C=O) groups is 1. The average Bonchev–Trinajstić information content (AvgIpc) is 3.24. The zero-order chi connectivity index (χ0) is 20.6. The standard InChI is InChI=1S/C21H19ClFN3O3/c1-2-28-20-11-14(12-25-26-21(27)18-7-4-10-24-18)8-9-19(20)29-13-15-16(22)5-3-6-17(15)23/h3-12,24H,2,13H2,1H3,(H,26,27)/b25-12-. The number of halogens is 2. The molecular weight excluding hydrogens is 397 g/mol. The van der Waals surface area contributed by atoms with Crippen LogP contribution in [0.5, 0.6) is 11.5 Å². The molecule has 0 bridgehead atoms. The third-order valence-electron chi connectivity index (χ3n) is 3.92. The zero-order valence-corrected chi connectivity index (χ0v) is 16.4. The summed E-state index contributed by atoms with van der Waals surface area (Å²) in [6.45, 7) is 2.22. The first-order valence-corrected chi connectivity index (χ1v) is 9.25. The Hall–Kier alpha value is -3.32. The van der Waals surface area contributed by atoms with Gasteiger partial charge < -0.3 is 14.5 Å². The van der Waals surface area contributed by atoms with Gasteiger partial charge in [0.05, 0.1) is 17.8 Å². The van der Waals surface area contributed by atoms with E-state index in [2.05, 4.69) is 15.5 Å². The average molecular weight is 416 g/mol. The molecule has 3 aromatic rings. The highest BCUT2D eigenvalue weighted by molar-refractivity contribution is 6.31. The number of hydrogen-bond acceptors (Lipinski definition) is 4. The van der Waals surface area contributed by atoms with Crippen LogP contribution in [0.15, 0.2) is 59.8 Å². The Morgan fingerprint density at radius 3 is 2.79 bits per heavy atom. The molecule has 2 N–H and O–H groups in total. The normalized spacial score (nSPS) is 10.9. The van der Waals surface area contributed by atoms with Crippen LogP contribution < -0.4 is 14.9 Å². The highest BCUT2D eigenvalue weighted by atomic mass is 35.5. The number of hydrogen-bond donors (Lipinski definition) is 2. The predicted molar refractivity (Wildman–Crippen MR) is 109 cm³/mol. The minimum Gasteiger partial charge on any atom is -0.490 e. The predicted octanol–water partition coefficient (Wildman–Crippen LogP) is 4.55. The summed E-state index contributed by atoms with van der Waals surface area (Å²) in [6, 6.07) is 13.0. The van der Waals surface area contributed by atoms with Crippen LogP contribution in [-0.2, 0) is 6.61 Å². The van der Waals surface area contributed by atoms with Crippen LogP contribution in [0.1, 0.15) is 28.5 Å². The molecule has 29 heavy (non-hydrogen) atoms. The number of aromatic amines is 1. The fourth-order valence-corrected chi connectivity index (χ4v) is 2.73. The molecule has 0 aliphatic carbocycles. The molecule has 8 heteroatoms. The van der Waals surface area contributed by atoms with Gasteiger partial charge in [0.25, 0.3) is 5.91 Å². The third kappa shape index (κ3) is 5.36. The number of rotatable bonds is 8. The Labute approximate surface area is 172 Å². The summed E-state index contributed by atoms with van der Waals surface area (Å²) in [5.74, 6) is 0.133. The number of hydrazone groups is 1. The number of aromatic nitrogens is 1. The lowest BCUT2D eigenvalue weighted by Gasteiger charge is -2.13. The van der Waals surface area contributed by atoms with Crippen molar-refractivity contribution in [1.82, 2.24) is 10.4 Å². The van der Waals surface area contributed by atoms with Gasteiger partial charge in [-0.3, -0.25) is 4.79 Å². The van der Waals surface area contributed by atoms with Gasteiger partial charge in [0.15, 0.2) is 11.5 Å². The zero-order valence-electron chi connectivity index (χ0n) is 15.6. The number of nitrogens with zero attached hydrogens (tertiary/aromatic N) is 1. The van der Waals surface area contributed by atoms with E-state index < -0.39 is 5.82 Å². The number of ether oxygens (including phenoxy) is 2. The summed E-state index contributed by atoms with van der Waals surface area (Å²) in [6.07, 6.45) is 3.14. The van der Waals surface area contributed by atoms with Crippen molar-refractivity contribution in [2.45, 2.75) is 13.5 Å². The van der Waals surface area contributed by atoms with Gasteiger partial charge in [-0.25, -0.2) is 9.82 Å². The van der Waals surface area contributed by atoms with E-state index in [0.29, 0.717) is 34.4 Å². The Morgan fingerprint density at radius 1 is 1.21 bits per heavy atom. The largest absolute Gasteiger partial charge is 0.490 e. The summed E-state index contributed by atoms with van der Waals surface area (Å²) in [7, 11) is 0. The molecule has 0 fully saturated rings. The van der Waals surface area contributed by atoms with Gasteiger partial charge in [-0.1, -0.05) is 17.7 Å². The van der Waals surface area contributed by atoms with E-state index in [-0.39, 0.29) is 18.1 Å². The Kier molecular flexibility index (Phi) is 6.86. The van der Waals surface area contributed by atoms with Crippen LogP contribution in [0, 0.1) is 5.82 Å². The third-order valence-corrected chi connectivity index (χ3v) is 4.28. The van der Waals surface area contributed by atoms with Crippen LogP contribution in [0.25, 0.3) is 0 Å². The van der Waals surface area contributed by atoms with Gasteiger partial charge in [-0.2, -0.15) is 5.10 Å². The lowest BCUT2D eigenvalue weighted by Crippen LogP contribution is -2.17. The van der Waals surface area contributed by atoms with Crippen molar-refractivity contribution in [3.8, 4) is 11.5 Å². The van der Waals surface area contributed by atoms with E-state index in [9.17, 15) is 9.18 Å². The Balaban J connectivity index is 1.69. The van der Waals surface area contributed by atoms with Gasteiger partial charge in [-0.05, 0) is 55.0 Å². The molecule has 1 aromatic heterocycles. The van der Waals surface area contributed by atoms with Crippen LogP contribution in [-0.4, -0.2) is 23.7 Å². The molecule has 0 aliphatic rings. The van der Waals surface area contributed by atoms with Crippen molar-refractivity contribution in [3.63, 3.8) is 0 Å². The van der Waals surface area contributed by atoms with Gasteiger partial charge in [0.2, 0.25) is 0 Å². The van der Waals surface area contributed by atoms with E-state index in [1.54, 1.807) is 42.6 Å². The van der Waals surface area contributed by atoms with Crippen LogP contribution in [0.2, 0.25) is 5.02 Å². The van der Waals surface area contributed by atoms with Crippen molar-refractivity contribution in [2.75, 3.05) is 6.61 Å². The van der Waals surface area contributed by atoms with Gasteiger partial charge >= 0.3 is 0 Å². The second-order valence-corrected chi connectivity index (χ2v) is 6.32. The minimum atomic E-state index is -0.433. The topological polar surface area (TPSA) is 75.7 Å². The summed E-state index contributed by atoms with van der Waals surface area (Å²) in [5, 5.41) is 4.23. The SMILES string of the molecule is CCOc1cc(/C=N\NC(=O)c2ccc[nH]2)ccc1OCc1c(F)cccc1Cl. The van der Waals surface area contributed by atoms with Crippen LogP contribution >= 0.6 is 11.6 Å². The molecule has 0 spiro atoms. The molecule has 3 rings (SSSR count). The summed E-state index contributed by atoms with van der Waals surface area (Å²) >= 11 is 6.04. The van der Waals surface area contributed by atoms with Crippen molar-refractivity contribution < 1.29 is 18.7 Å². The molecule has 2 aromatic carbocycles. The first-order chi connectivity index (χ1) is 14.1. The molecule has 150 valence electrons. The van der Waals surface area contributed by atoms with E-state index in [1.807, 2.05) is 6.92 Å². The van der Waals surface area contributed by atoms with E-state index in [4.69, 9.17) is 21.1 Å². The molecule has 0 radical (unpaired) electrons. The highest BCUT2D eigenvalue weighted by Crippen LogP contribution is 2.30. The van der Waals surface area contributed by atoms with E-state index in [1.165, 1.54) is 18.3 Å². The van der Waals surface area contributed by atoms with Crippen LogP contribution in [0.3, 0.4) is 0 Å². The maximum atomic E-state index is 13.9. The number of amides is 1.